The van der Waals surface area contributed by atoms with Crippen LogP contribution in [0.25, 0.3) is 0 Å². The lowest BCUT2D eigenvalue weighted by Gasteiger charge is -2.30. The molecule has 0 radical (unpaired) electrons. The van der Waals surface area contributed by atoms with E-state index in [0.717, 1.165) is 11.3 Å². The van der Waals surface area contributed by atoms with Crippen LogP contribution in [0.5, 0.6) is 5.75 Å². The summed E-state index contributed by atoms with van der Waals surface area (Å²) in [5.41, 5.74) is 0.965. The maximum atomic E-state index is 12.9. The van der Waals surface area contributed by atoms with Gasteiger partial charge in [-0.15, -0.1) is 0 Å². The van der Waals surface area contributed by atoms with E-state index >= 15 is 0 Å². The fraction of sp³-hybridized carbons (Fsp3) is 0.500. The lowest BCUT2D eigenvalue weighted by atomic mass is 9.99. The van der Waals surface area contributed by atoms with Crippen LogP contribution in [0.4, 0.5) is 0 Å². The van der Waals surface area contributed by atoms with E-state index in [2.05, 4.69) is 10.3 Å². The zero-order valence-corrected chi connectivity index (χ0v) is 17.7. The van der Waals surface area contributed by atoms with Crippen LogP contribution in [-0.2, 0) is 27.9 Å². The third kappa shape index (κ3) is 5.16. The van der Waals surface area contributed by atoms with Crippen LogP contribution < -0.4 is 10.1 Å². The van der Waals surface area contributed by atoms with E-state index in [0.29, 0.717) is 39.1 Å². The molecule has 9 heteroatoms. The average Bonchev–Trinajstić information content (AvgIpc) is 3.23. The first-order valence-corrected chi connectivity index (χ1v) is 11.4. The van der Waals surface area contributed by atoms with Crippen LogP contribution in [0.1, 0.15) is 32.3 Å². The van der Waals surface area contributed by atoms with Gasteiger partial charge in [-0.2, -0.15) is 4.31 Å². The van der Waals surface area contributed by atoms with Crippen molar-refractivity contribution in [3.05, 3.63) is 42.4 Å². The zero-order chi connectivity index (χ0) is 20.9. The van der Waals surface area contributed by atoms with Crippen LogP contribution >= 0.6 is 0 Å². The summed E-state index contributed by atoms with van der Waals surface area (Å²) in [5.74, 6) is 0.300. The fourth-order valence-electron chi connectivity index (χ4n) is 3.36. The largest absolute Gasteiger partial charge is 0.494 e. The molecule has 0 bridgehead atoms. The lowest BCUT2D eigenvalue weighted by molar-refractivity contribution is -0.126. The molecule has 2 aromatic rings. The molecule has 1 aromatic heterocycles. The van der Waals surface area contributed by atoms with Crippen molar-refractivity contribution in [1.29, 1.82) is 0 Å². The highest BCUT2D eigenvalue weighted by atomic mass is 32.2. The molecular formula is C20H28N4O4S. The number of nitrogens with zero attached hydrogens (tertiary/aromatic N) is 3. The number of ether oxygens (including phenoxy) is 1. The molecule has 3 rings (SSSR count). The minimum Gasteiger partial charge on any atom is -0.494 e. The Morgan fingerprint density at radius 1 is 1.28 bits per heavy atom. The molecule has 8 nitrogen and oxygen atoms in total. The predicted octanol–water partition coefficient (Wildman–Crippen LogP) is 2.02. The Bertz CT molecular complexity index is 924. The molecule has 0 spiro atoms. The number of sulfonamides is 1. The van der Waals surface area contributed by atoms with Gasteiger partial charge in [0.05, 0.1) is 18.9 Å². The Balaban J connectivity index is 1.58. The number of carbonyl (C=O) groups excluding carboxylic acids is 1. The van der Waals surface area contributed by atoms with Gasteiger partial charge in [0.15, 0.2) is 5.03 Å². The number of nitrogens with one attached hydrogen (secondary N) is 1. The van der Waals surface area contributed by atoms with Crippen LogP contribution in [-0.4, -0.2) is 47.9 Å². The molecule has 0 aliphatic carbocycles. The van der Waals surface area contributed by atoms with E-state index in [-0.39, 0.29) is 23.4 Å². The van der Waals surface area contributed by atoms with Crippen molar-refractivity contribution in [1.82, 2.24) is 19.2 Å². The number of hydrogen-bond donors (Lipinski definition) is 1. The van der Waals surface area contributed by atoms with Crippen molar-refractivity contribution in [3.8, 4) is 5.75 Å². The van der Waals surface area contributed by atoms with Crippen LogP contribution in [0.15, 0.2) is 41.8 Å². The van der Waals surface area contributed by atoms with E-state index in [4.69, 9.17) is 4.74 Å². The van der Waals surface area contributed by atoms with Crippen molar-refractivity contribution in [3.63, 3.8) is 0 Å². The number of hydrogen-bond acceptors (Lipinski definition) is 5. The molecule has 1 atom stereocenters. The number of benzene rings is 1. The first-order chi connectivity index (χ1) is 13.9. The molecule has 1 saturated heterocycles. The lowest BCUT2D eigenvalue weighted by Crippen LogP contribution is -2.45. The average molecular weight is 421 g/mol. The standard InChI is InChI=1S/C20H28N4O4S/c1-3-23-14-19(22-15-23)29(26,27)24-11-5-6-17(13-24)20(25)21-12-16-7-9-18(10-8-16)28-4-2/h7-10,14-15,17H,3-6,11-13H2,1-2H3,(H,21,25). The molecular weight excluding hydrogens is 392 g/mol. The second-order valence-electron chi connectivity index (χ2n) is 7.04. The topological polar surface area (TPSA) is 93.5 Å². The second kappa shape index (κ2) is 9.41. The molecule has 1 aliphatic heterocycles. The molecule has 1 aromatic carbocycles. The van der Waals surface area contributed by atoms with E-state index < -0.39 is 10.0 Å². The normalized spacial score (nSPS) is 17.8. The van der Waals surface area contributed by atoms with Gasteiger partial charge in [0.25, 0.3) is 10.0 Å². The summed E-state index contributed by atoms with van der Waals surface area (Å²) >= 11 is 0. The smallest absolute Gasteiger partial charge is 0.262 e. The van der Waals surface area contributed by atoms with Gasteiger partial charge in [-0.25, -0.2) is 13.4 Å². The van der Waals surface area contributed by atoms with Gasteiger partial charge in [0.1, 0.15) is 5.75 Å². The summed E-state index contributed by atoms with van der Waals surface area (Å²) < 4.78 is 34.2. The van der Waals surface area contributed by atoms with Crippen LogP contribution in [0.2, 0.25) is 0 Å². The number of amides is 1. The van der Waals surface area contributed by atoms with Gasteiger partial charge in [-0.3, -0.25) is 4.79 Å². The molecule has 29 heavy (non-hydrogen) atoms. The molecule has 1 fully saturated rings. The molecule has 1 amide bonds. The third-order valence-corrected chi connectivity index (χ3v) is 6.79. The van der Waals surface area contributed by atoms with E-state index in [1.54, 1.807) is 4.57 Å². The van der Waals surface area contributed by atoms with Crippen molar-refractivity contribution in [2.75, 3.05) is 19.7 Å². The highest BCUT2D eigenvalue weighted by Crippen LogP contribution is 2.23. The number of rotatable bonds is 8. The number of imidazole rings is 1. The zero-order valence-electron chi connectivity index (χ0n) is 16.9. The fourth-order valence-corrected chi connectivity index (χ4v) is 4.82. The van der Waals surface area contributed by atoms with E-state index in [9.17, 15) is 13.2 Å². The molecule has 158 valence electrons. The van der Waals surface area contributed by atoms with Crippen molar-refractivity contribution in [2.45, 2.75) is 44.8 Å². The van der Waals surface area contributed by atoms with Crippen molar-refractivity contribution >= 4 is 15.9 Å². The maximum Gasteiger partial charge on any atom is 0.262 e. The van der Waals surface area contributed by atoms with Gasteiger partial charge in [0.2, 0.25) is 5.91 Å². The maximum absolute atomic E-state index is 12.9. The Labute approximate surface area is 171 Å². The van der Waals surface area contributed by atoms with E-state index in [1.807, 2.05) is 38.1 Å². The number of aryl methyl sites for hydroxylation is 1. The summed E-state index contributed by atoms with van der Waals surface area (Å²) in [5, 5.41) is 2.96. The monoisotopic (exact) mass is 420 g/mol. The quantitative estimate of drug-likeness (QED) is 0.705. The molecule has 1 aliphatic rings. The minimum absolute atomic E-state index is 0.0368. The van der Waals surface area contributed by atoms with E-state index in [1.165, 1.54) is 16.8 Å². The minimum atomic E-state index is -3.69. The molecule has 1 N–H and O–H groups in total. The summed E-state index contributed by atoms with van der Waals surface area (Å²) in [6.07, 6.45) is 4.36. The Kier molecular flexibility index (Phi) is 6.92. The Morgan fingerprint density at radius 3 is 2.69 bits per heavy atom. The van der Waals surface area contributed by atoms with Gasteiger partial charge < -0.3 is 14.6 Å². The summed E-state index contributed by atoms with van der Waals surface area (Å²) in [6.45, 7) is 6.09. The highest BCUT2D eigenvalue weighted by Gasteiger charge is 2.34. The highest BCUT2D eigenvalue weighted by molar-refractivity contribution is 7.89. The second-order valence-corrected chi connectivity index (χ2v) is 8.92. The first kappa shape index (κ1) is 21.3. The number of carbonyl (C=O) groups is 1. The number of piperidine rings is 1. The summed E-state index contributed by atoms with van der Waals surface area (Å²) in [4.78, 5) is 16.6. The first-order valence-electron chi connectivity index (χ1n) is 9.95. The summed E-state index contributed by atoms with van der Waals surface area (Å²) in [6, 6.07) is 7.56. The SMILES string of the molecule is CCOc1ccc(CNC(=O)C2CCCN(S(=O)(=O)c3cn(CC)cn3)C2)cc1. The van der Waals surface area contributed by atoms with Gasteiger partial charge in [0, 0.05) is 32.4 Å². The molecule has 2 heterocycles. The van der Waals surface area contributed by atoms with Gasteiger partial charge >= 0.3 is 0 Å². The molecule has 0 saturated carbocycles. The third-order valence-electron chi connectivity index (χ3n) is 5.03. The predicted molar refractivity (Wildman–Crippen MR) is 109 cm³/mol. The van der Waals surface area contributed by atoms with Gasteiger partial charge in [-0.05, 0) is 44.4 Å². The Morgan fingerprint density at radius 2 is 2.03 bits per heavy atom. The van der Waals surface area contributed by atoms with Gasteiger partial charge in [-0.1, -0.05) is 12.1 Å². The van der Waals surface area contributed by atoms with Crippen molar-refractivity contribution in [2.24, 2.45) is 5.92 Å². The van der Waals surface area contributed by atoms with Crippen LogP contribution in [0.3, 0.4) is 0 Å². The summed E-state index contributed by atoms with van der Waals surface area (Å²) in [7, 11) is -3.69. The Hall–Kier alpha value is -2.39. The van der Waals surface area contributed by atoms with Crippen LogP contribution in [0, 0.1) is 5.92 Å². The number of aromatic nitrogens is 2. The van der Waals surface area contributed by atoms with Crippen molar-refractivity contribution < 1.29 is 17.9 Å². The molecule has 1 unspecified atom stereocenters.